The van der Waals surface area contributed by atoms with Crippen LogP contribution in [0, 0.1) is 5.92 Å². The summed E-state index contributed by atoms with van der Waals surface area (Å²) in [5.74, 6) is 0.518. The lowest BCUT2D eigenvalue weighted by Gasteiger charge is -2.24. The van der Waals surface area contributed by atoms with Gasteiger partial charge in [-0.15, -0.1) is 0 Å². The Hall–Kier alpha value is -1.86. The maximum Gasteiger partial charge on any atom is 0.343 e. The minimum atomic E-state index is -0.452. The van der Waals surface area contributed by atoms with Crippen LogP contribution in [-0.4, -0.2) is 61.5 Å². The molecule has 0 aromatic carbocycles. The second-order valence-electron chi connectivity index (χ2n) is 8.34. The zero-order chi connectivity index (χ0) is 21.5. The number of fused-ring (bicyclic) bond motifs is 1. The van der Waals surface area contributed by atoms with Gasteiger partial charge in [-0.1, -0.05) is 26.7 Å². The van der Waals surface area contributed by atoms with E-state index in [-0.39, 0.29) is 11.7 Å². The van der Waals surface area contributed by atoms with Gasteiger partial charge in [0.25, 0.3) is 5.56 Å². The van der Waals surface area contributed by atoms with E-state index in [0.29, 0.717) is 36.8 Å². The third-order valence-electron chi connectivity index (χ3n) is 6.45. The van der Waals surface area contributed by atoms with E-state index in [1.54, 1.807) is 4.57 Å². The molecule has 0 saturated carbocycles. The van der Waals surface area contributed by atoms with Crippen molar-refractivity contribution in [3.8, 4) is 5.75 Å². The number of pyridine rings is 1. The zero-order valence-electron chi connectivity index (χ0n) is 18.7. The fraction of sp³-hybridized carbons (Fsp3) is 0.739. The van der Waals surface area contributed by atoms with Gasteiger partial charge < -0.3 is 23.7 Å². The fourth-order valence-electron chi connectivity index (χ4n) is 4.45. The van der Waals surface area contributed by atoms with Crippen LogP contribution in [0.25, 0.3) is 0 Å². The molecule has 2 aliphatic rings. The second-order valence-corrected chi connectivity index (χ2v) is 8.34. The number of hydrogen-bond donors (Lipinski definition) is 0. The first-order chi connectivity index (χ1) is 14.6. The summed E-state index contributed by atoms with van der Waals surface area (Å²) in [5, 5.41) is 0. The Balaban J connectivity index is 1.83. The van der Waals surface area contributed by atoms with Crippen LogP contribution in [0.1, 0.15) is 62.0 Å². The van der Waals surface area contributed by atoms with Crippen LogP contribution in [-0.2, 0) is 22.4 Å². The molecule has 7 nitrogen and oxygen atoms in total. The standard InChI is InChI=1S/C23H36N2O5/c1-4-17(5-2)15-24-10-9-19-22(23(27)28-3)20(14-21(26)25(19)12-11-24)30-16-18-8-6-7-13-29-18/h14,17-18H,4-13,15-16H2,1-3H3. The van der Waals surface area contributed by atoms with Gasteiger partial charge in [0, 0.05) is 51.0 Å². The first-order valence-corrected chi connectivity index (χ1v) is 11.4. The summed E-state index contributed by atoms with van der Waals surface area (Å²) < 4.78 is 18.5. The molecule has 3 heterocycles. The Morgan fingerprint density at radius 1 is 1.23 bits per heavy atom. The number of aromatic nitrogens is 1. The summed E-state index contributed by atoms with van der Waals surface area (Å²) in [5.41, 5.74) is 0.986. The van der Waals surface area contributed by atoms with E-state index in [9.17, 15) is 9.59 Å². The Kier molecular flexibility index (Phi) is 8.33. The highest BCUT2D eigenvalue weighted by atomic mass is 16.5. The molecule has 168 valence electrons. The summed E-state index contributed by atoms with van der Waals surface area (Å²) in [6.07, 6.45) is 6.03. The van der Waals surface area contributed by atoms with Gasteiger partial charge in [0.15, 0.2) is 0 Å². The molecule has 2 aliphatic heterocycles. The van der Waals surface area contributed by atoms with E-state index in [4.69, 9.17) is 14.2 Å². The Morgan fingerprint density at radius 2 is 2.03 bits per heavy atom. The van der Waals surface area contributed by atoms with Crippen molar-refractivity contribution in [1.82, 2.24) is 9.47 Å². The van der Waals surface area contributed by atoms with Gasteiger partial charge in [0.2, 0.25) is 0 Å². The minimum Gasteiger partial charge on any atom is -0.490 e. The smallest absolute Gasteiger partial charge is 0.343 e. The van der Waals surface area contributed by atoms with Crippen LogP contribution in [0.2, 0.25) is 0 Å². The summed E-state index contributed by atoms with van der Waals surface area (Å²) in [6.45, 7) is 8.73. The van der Waals surface area contributed by atoms with E-state index in [1.165, 1.54) is 13.2 Å². The lowest BCUT2D eigenvalue weighted by molar-refractivity contribution is -0.0114. The number of carbonyl (C=O) groups excluding carboxylic acids is 1. The van der Waals surface area contributed by atoms with Crippen LogP contribution >= 0.6 is 0 Å². The highest BCUT2D eigenvalue weighted by Gasteiger charge is 2.27. The molecule has 30 heavy (non-hydrogen) atoms. The van der Waals surface area contributed by atoms with E-state index < -0.39 is 5.97 Å². The number of rotatable bonds is 8. The number of ether oxygens (including phenoxy) is 3. The molecule has 1 unspecified atom stereocenters. The van der Waals surface area contributed by atoms with Crippen LogP contribution in [0.3, 0.4) is 0 Å². The third kappa shape index (κ3) is 5.43. The molecule has 0 N–H and O–H groups in total. The molecular formula is C23H36N2O5. The predicted octanol–water partition coefficient (Wildman–Crippen LogP) is 2.88. The van der Waals surface area contributed by atoms with Gasteiger partial charge in [0.1, 0.15) is 17.9 Å². The van der Waals surface area contributed by atoms with Crippen molar-refractivity contribution < 1.29 is 19.0 Å². The predicted molar refractivity (Wildman–Crippen MR) is 115 cm³/mol. The normalized spacial score (nSPS) is 19.9. The van der Waals surface area contributed by atoms with Gasteiger partial charge in [-0.25, -0.2) is 4.79 Å². The van der Waals surface area contributed by atoms with E-state index in [0.717, 1.165) is 64.0 Å². The Bertz CT molecular complexity index is 766. The fourth-order valence-corrected chi connectivity index (χ4v) is 4.45. The summed E-state index contributed by atoms with van der Waals surface area (Å²) >= 11 is 0. The first kappa shape index (κ1) is 22.8. The van der Waals surface area contributed by atoms with Crippen LogP contribution < -0.4 is 10.3 Å². The average molecular weight is 421 g/mol. The molecule has 1 aromatic rings. The lowest BCUT2D eigenvalue weighted by Crippen LogP contribution is -2.32. The van der Waals surface area contributed by atoms with Crippen molar-refractivity contribution >= 4 is 5.97 Å². The highest BCUT2D eigenvalue weighted by Crippen LogP contribution is 2.25. The summed E-state index contributed by atoms with van der Waals surface area (Å²) in [4.78, 5) is 27.9. The summed E-state index contributed by atoms with van der Waals surface area (Å²) in [7, 11) is 1.37. The molecule has 1 aromatic heterocycles. The first-order valence-electron chi connectivity index (χ1n) is 11.4. The Labute approximate surface area is 179 Å². The largest absolute Gasteiger partial charge is 0.490 e. The molecular weight excluding hydrogens is 384 g/mol. The van der Waals surface area contributed by atoms with Crippen molar-refractivity contribution in [2.75, 3.05) is 40.0 Å². The number of esters is 1. The third-order valence-corrected chi connectivity index (χ3v) is 6.45. The number of carbonyl (C=O) groups is 1. The van der Waals surface area contributed by atoms with Crippen molar-refractivity contribution in [3.63, 3.8) is 0 Å². The number of nitrogens with zero attached hydrogens (tertiary/aromatic N) is 2. The van der Waals surface area contributed by atoms with Gasteiger partial charge in [-0.05, 0) is 25.2 Å². The maximum atomic E-state index is 12.9. The van der Waals surface area contributed by atoms with Crippen molar-refractivity contribution in [3.05, 3.63) is 27.7 Å². The zero-order valence-corrected chi connectivity index (χ0v) is 18.7. The maximum absolute atomic E-state index is 12.9. The van der Waals surface area contributed by atoms with E-state index in [1.807, 2.05) is 0 Å². The van der Waals surface area contributed by atoms with Gasteiger partial charge in [-0.3, -0.25) is 4.79 Å². The molecule has 1 atom stereocenters. The molecule has 0 radical (unpaired) electrons. The monoisotopic (exact) mass is 420 g/mol. The van der Waals surface area contributed by atoms with Crippen molar-refractivity contribution in [1.29, 1.82) is 0 Å². The quantitative estimate of drug-likeness (QED) is 0.603. The molecule has 1 saturated heterocycles. The molecule has 1 fully saturated rings. The lowest BCUT2D eigenvalue weighted by atomic mass is 10.0. The summed E-state index contributed by atoms with van der Waals surface area (Å²) in [6, 6.07) is 1.44. The van der Waals surface area contributed by atoms with Gasteiger partial charge >= 0.3 is 5.97 Å². The Morgan fingerprint density at radius 3 is 2.70 bits per heavy atom. The topological polar surface area (TPSA) is 70.0 Å². The molecule has 0 aliphatic carbocycles. The molecule has 7 heteroatoms. The average Bonchev–Trinajstić information content (AvgIpc) is 2.99. The second kappa shape index (κ2) is 11.0. The number of hydrogen-bond acceptors (Lipinski definition) is 6. The highest BCUT2D eigenvalue weighted by molar-refractivity contribution is 5.93. The van der Waals surface area contributed by atoms with Crippen molar-refractivity contribution in [2.24, 2.45) is 5.92 Å². The molecule has 0 amide bonds. The van der Waals surface area contributed by atoms with Crippen LogP contribution in [0.5, 0.6) is 5.75 Å². The number of methoxy groups -OCH3 is 1. The SMILES string of the molecule is CCC(CC)CN1CCc2c(C(=O)OC)c(OCC3CCCCO3)cc(=O)n2CC1. The molecule has 3 rings (SSSR count). The van der Waals surface area contributed by atoms with Gasteiger partial charge in [-0.2, -0.15) is 0 Å². The van der Waals surface area contributed by atoms with E-state index >= 15 is 0 Å². The van der Waals surface area contributed by atoms with Crippen LogP contribution in [0.15, 0.2) is 10.9 Å². The van der Waals surface area contributed by atoms with Crippen molar-refractivity contribution in [2.45, 2.75) is 65.0 Å². The van der Waals surface area contributed by atoms with Gasteiger partial charge in [0.05, 0.1) is 13.2 Å². The molecule has 0 bridgehead atoms. The van der Waals surface area contributed by atoms with E-state index in [2.05, 4.69) is 18.7 Å². The minimum absolute atomic E-state index is 0.00123. The van der Waals surface area contributed by atoms with Crippen LogP contribution in [0.4, 0.5) is 0 Å². The molecule has 0 spiro atoms.